The summed E-state index contributed by atoms with van der Waals surface area (Å²) in [5.74, 6) is 0.684. The van der Waals surface area contributed by atoms with Crippen LogP contribution in [-0.4, -0.2) is 48.5 Å². The van der Waals surface area contributed by atoms with Gasteiger partial charge in [0.1, 0.15) is 0 Å². The highest BCUT2D eigenvalue weighted by atomic mass is 15.2. The lowest BCUT2D eigenvalue weighted by atomic mass is 10.00. The van der Waals surface area contributed by atoms with Crippen LogP contribution in [0.1, 0.15) is 31.4 Å². The molecule has 1 aliphatic heterocycles. The van der Waals surface area contributed by atoms with E-state index in [-0.39, 0.29) is 0 Å². The Kier molecular flexibility index (Phi) is 6.05. The molecule has 0 aliphatic carbocycles. The molecule has 0 spiro atoms. The van der Waals surface area contributed by atoms with Gasteiger partial charge in [-0.05, 0) is 37.8 Å². The van der Waals surface area contributed by atoms with Crippen LogP contribution in [-0.2, 0) is 13.0 Å². The summed E-state index contributed by atoms with van der Waals surface area (Å²) in [5, 5.41) is 0. The molecule has 1 aromatic carbocycles. The molecule has 2 N–H and O–H groups in total. The van der Waals surface area contributed by atoms with E-state index in [0.717, 1.165) is 45.7 Å². The molecule has 0 atom stereocenters. The number of rotatable bonds is 6. The lowest BCUT2D eigenvalue weighted by molar-refractivity contribution is 0.252. The monoisotopic (exact) mass is 288 g/mol. The van der Waals surface area contributed by atoms with Crippen molar-refractivity contribution < 1.29 is 0 Å². The first-order valence-electron chi connectivity index (χ1n) is 8.08. The Morgan fingerprint density at radius 1 is 1.24 bits per heavy atom. The van der Waals surface area contributed by atoms with Crippen molar-refractivity contribution in [2.24, 2.45) is 10.7 Å². The highest BCUT2D eigenvalue weighted by Gasteiger charge is 2.14. The third kappa shape index (κ3) is 4.46. The lowest BCUT2D eigenvalue weighted by Crippen LogP contribution is -2.37. The zero-order chi connectivity index (χ0) is 15.1. The minimum absolute atomic E-state index is 0.684. The quantitative estimate of drug-likeness (QED) is 0.495. The lowest BCUT2D eigenvalue weighted by Gasteiger charge is -2.28. The number of hydrogen-bond donors (Lipinski definition) is 1. The summed E-state index contributed by atoms with van der Waals surface area (Å²) in [6.07, 6.45) is 2.24. The van der Waals surface area contributed by atoms with Crippen LogP contribution in [0.25, 0.3) is 0 Å². The van der Waals surface area contributed by atoms with Gasteiger partial charge >= 0.3 is 0 Å². The van der Waals surface area contributed by atoms with Crippen molar-refractivity contribution in [3.8, 4) is 0 Å². The summed E-state index contributed by atoms with van der Waals surface area (Å²) < 4.78 is 0. The number of aliphatic imine (C=N–C) groups is 1. The smallest absolute Gasteiger partial charge is 0.191 e. The normalized spacial score (nSPS) is 15.8. The SMILES string of the molecule is CCN(CC)C(N)=NCCCN1CCc2ccccc2C1. The molecule has 0 amide bonds. The summed E-state index contributed by atoms with van der Waals surface area (Å²) in [6.45, 7) is 10.2. The van der Waals surface area contributed by atoms with Gasteiger partial charge in [0.25, 0.3) is 0 Å². The van der Waals surface area contributed by atoms with E-state index in [9.17, 15) is 0 Å². The van der Waals surface area contributed by atoms with E-state index in [2.05, 4.69) is 52.9 Å². The maximum atomic E-state index is 5.98. The maximum absolute atomic E-state index is 5.98. The van der Waals surface area contributed by atoms with Crippen LogP contribution in [0.5, 0.6) is 0 Å². The van der Waals surface area contributed by atoms with Gasteiger partial charge in [0.2, 0.25) is 0 Å². The molecule has 116 valence electrons. The van der Waals surface area contributed by atoms with Gasteiger partial charge in [0, 0.05) is 39.3 Å². The van der Waals surface area contributed by atoms with Gasteiger partial charge < -0.3 is 10.6 Å². The van der Waals surface area contributed by atoms with Gasteiger partial charge in [-0.25, -0.2) is 0 Å². The topological polar surface area (TPSA) is 44.9 Å². The zero-order valence-corrected chi connectivity index (χ0v) is 13.4. The Hall–Kier alpha value is -1.55. The number of benzene rings is 1. The molecule has 4 heteroatoms. The average molecular weight is 288 g/mol. The largest absolute Gasteiger partial charge is 0.370 e. The summed E-state index contributed by atoms with van der Waals surface area (Å²) in [7, 11) is 0. The fourth-order valence-electron chi connectivity index (χ4n) is 2.88. The summed E-state index contributed by atoms with van der Waals surface area (Å²) in [6, 6.07) is 8.77. The van der Waals surface area contributed by atoms with Crippen molar-refractivity contribution in [1.29, 1.82) is 0 Å². The molecule has 4 nitrogen and oxygen atoms in total. The Morgan fingerprint density at radius 3 is 2.67 bits per heavy atom. The third-order valence-electron chi connectivity index (χ3n) is 4.20. The minimum Gasteiger partial charge on any atom is -0.370 e. The fraction of sp³-hybridized carbons (Fsp3) is 0.588. The van der Waals surface area contributed by atoms with Crippen molar-refractivity contribution in [2.45, 2.75) is 33.2 Å². The molecule has 0 fully saturated rings. The second-order valence-corrected chi connectivity index (χ2v) is 5.56. The van der Waals surface area contributed by atoms with Crippen LogP contribution in [0.3, 0.4) is 0 Å². The molecule has 1 aliphatic rings. The molecule has 2 rings (SSSR count). The molecular formula is C17H28N4. The van der Waals surface area contributed by atoms with Gasteiger partial charge in [-0.1, -0.05) is 24.3 Å². The highest BCUT2D eigenvalue weighted by Crippen LogP contribution is 2.18. The van der Waals surface area contributed by atoms with Crippen molar-refractivity contribution in [3.05, 3.63) is 35.4 Å². The molecule has 0 aromatic heterocycles. The van der Waals surface area contributed by atoms with Crippen molar-refractivity contribution in [1.82, 2.24) is 9.80 Å². The van der Waals surface area contributed by atoms with Gasteiger partial charge in [0.15, 0.2) is 5.96 Å². The van der Waals surface area contributed by atoms with Crippen molar-refractivity contribution in [3.63, 3.8) is 0 Å². The van der Waals surface area contributed by atoms with E-state index >= 15 is 0 Å². The van der Waals surface area contributed by atoms with Gasteiger partial charge in [-0.3, -0.25) is 9.89 Å². The molecule has 1 aromatic rings. The van der Waals surface area contributed by atoms with Gasteiger partial charge in [0.05, 0.1) is 0 Å². The average Bonchev–Trinajstić information content (AvgIpc) is 2.52. The van der Waals surface area contributed by atoms with E-state index in [4.69, 9.17) is 5.73 Å². The first-order chi connectivity index (χ1) is 10.2. The van der Waals surface area contributed by atoms with Crippen LogP contribution in [0.2, 0.25) is 0 Å². The molecule has 0 saturated heterocycles. The zero-order valence-electron chi connectivity index (χ0n) is 13.4. The number of nitrogens with two attached hydrogens (primary N) is 1. The van der Waals surface area contributed by atoms with Crippen LogP contribution in [0, 0.1) is 0 Å². The second-order valence-electron chi connectivity index (χ2n) is 5.56. The number of guanidine groups is 1. The number of fused-ring (bicyclic) bond motifs is 1. The standard InChI is InChI=1S/C17H28N4/c1-3-21(4-2)17(18)19-11-7-12-20-13-10-15-8-5-6-9-16(15)14-20/h5-6,8-9H,3-4,7,10-14H2,1-2H3,(H2,18,19). The van der Waals surface area contributed by atoms with Crippen LogP contribution < -0.4 is 5.73 Å². The molecule has 0 saturated carbocycles. The Bertz CT molecular complexity index is 466. The maximum Gasteiger partial charge on any atom is 0.191 e. The first-order valence-corrected chi connectivity index (χ1v) is 8.08. The fourth-order valence-corrected chi connectivity index (χ4v) is 2.88. The molecule has 0 unspecified atom stereocenters. The van der Waals surface area contributed by atoms with E-state index in [0.29, 0.717) is 5.96 Å². The van der Waals surface area contributed by atoms with E-state index < -0.39 is 0 Å². The molecular weight excluding hydrogens is 260 g/mol. The van der Waals surface area contributed by atoms with E-state index in [1.807, 2.05) is 0 Å². The van der Waals surface area contributed by atoms with Crippen LogP contribution in [0.4, 0.5) is 0 Å². The van der Waals surface area contributed by atoms with E-state index in [1.165, 1.54) is 17.5 Å². The predicted octanol–water partition coefficient (Wildman–Crippen LogP) is 2.09. The van der Waals surface area contributed by atoms with Crippen molar-refractivity contribution >= 4 is 5.96 Å². The highest BCUT2D eigenvalue weighted by molar-refractivity contribution is 5.77. The predicted molar refractivity (Wildman–Crippen MR) is 89.5 cm³/mol. The molecule has 0 bridgehead atoms. The molecule has 1 heterocycles. The Labute approximate surface area is 128 Å². The first kappa shape index (κ1) is 15.8. The van der Waals surface area contributed by atoms with Crippen molar-refractivity contribution in [2.75, 3.05) is 32.7 Å². The summed E-state index contributed by atoms with van der Waals surface area (Å²) >= 11 is 0. The van der Waals surface area contributed by atoms with Gasteiger partial charge in [-0.2, -0.15) is 0 Å². The van der Waals surface area contributed by atoms with E-state index in [1.54, 1.807) is 0 Å². The van der Waals surface area contributed by atoms with Gasteiger partial charge in [-0.15, -0.1) is 0 Å². The summed E-state index contributed by atoms with van der Waals surface area (Å²) in [5.41, 5.74) is 8.98. The summed E-state index contributed by atoms with van der Waals surface area (Å²) in [4.78, 5) is 9.10. The minimum atomic E-state index is 0.684. The van der Waals surface area contributed by atoms with Crippen LogP contribution >= 0.6 is 0 Å². The van der Waals surface area contributed by atoms with Crippen LogP contribution in [0.15, 0.2) is 29.3 Å². The molecule has 0 radical (unpaired) electrons. The number of hydrogen-bond acceptors (Lipinski definition) is 2. The Morgan fingerprint density at radius 2 is 1.95 bits per heavy atom. The second kappa shape index (κ2) is 8.03. The molecule has 21 heavy (non-hydrogen) atoms. The third-order valence-corrected chi connectivity index (χ3v) is 4.20. The number of nitrogens with zero attached hydrogens (tertiary/aromatic N) is 3. The Balaban J connectivity index is 1.74.